The van der Waals surface area contributed by atoms with E-state index in [9.17, 15) is 0 Å². The van der Waals surface area contributed by atoms with E-state index >= 15 is 0 Å². The Morgan fingerprint density at radius 1 is 0.464 bits per heavy atom. The van der Waals surface area contributed by atoms with Crippen molar-refractivity contribution >= 4 is 0 Å². The smallest absolute Gasteiger partial charge is 0.0352 e. The van der Waals surface area contributed by atoms with E-state index in [-0.39, 0.29) is 0 Å². The number of nitrogens with zero attached hydrogens (tertiary/aromatic N) is 4. The minimum Gasteiger partial charge on any atom is -0.348 e. The highest BCUT2D eigenvalue weighted by molar-refractivity contribution is 5.15. The minimum absolute atomic E-state index is 1.05. The number of hydrogen-bond donors (Lipinski definition) is 0. The second kappa shape index (κ2) is 8.87. The highest BCUT2D eigenvalue weighted by Gasteiger charge is 2.11. The van der Waals surface area contributed by atoms with Crippen molar-refractivity contribution in [2.24, 2.45) is 0 Å². The van der Waals surface area contributed by atoms with Gasteiger partial charge in [-0.15, -0.1) is 0 Å². The summed E-state index contributed by atoms with van der Waals surface area (Å²) in [6.07, 6.45) is 0. The number of aryl methyl sites for hydroxylation is 6. The minimum atomic E-state index is 1.05. The number of aromatic nitrogens is 3. The zero-order valence-corrected chi connectivity index (χ0v) is 18.5. The molecule has 0 unspecified atom stereocenters. The van der Waals surface area contributed by atoms with Gasteiger partial charge in [0.05, 0.1) is 0 Å². The Kier molecular flexibility index (Phi) is 6.50. The van der Waals surface area contributed by atoms with E-state index in [4.69, 9.17) is 0 Å². The van der Waals surface area contributed by atoms with Crippen molar-refractivity contribution in [2.75, 3.05) is 19.6 Å². The van der Waals surface area contributed by atoms with Gasteiger partial charge in [-0.2, -0.15) is 0 Å². The molecule has 0 amide bonds. The molecule has 0 bridgehead atoms. The van der Waals surface area contributed by atoms with Crippen LogP contribution in [0, 0.1) is 41.5 Å². The SMILES string of the molecule is Cc1ccc(C)n1CCN(CCn1c(C)ccc1C)CCn1c(C)ccc1C. The molecule has 3 rings (SSSR count). The van der Waals surface area contributed by atoms with E-state index in [0.717, 1.165) is 39.3 Å². The summed E-state index contributed by atoms with van der Waals surface area (Å²) in [7, 11) is 0. The third-order valence-corrected chi connectivity index (χ3v) is 6.17. The lowest BCUT2D eigenvalue weighted by Crippen LogP contribution is -2.34. The summed E-state index contributed by atoms with van der Waals surface area (Å²) in [4.78, 5) is 2.62. The van der Waals surface area contributed by atoms with Crippen molar-refractivity contribution in [2.45, 2.75) is 61.2 Å². The molecule has 3 aromatic rings. The Hall–Kier alpha value is -2.20. The highest BCUT2D eigenvalue weighted by Crippen LogP contribution is 2.11. The zero-order valence-electron chi connectivity index (χ0n) is 18.5. The van der Waals surface area contributed by atoms with E-state index in [1.807, 2.05) is 0 Å². The average molecular weight is 381 g/mol. The maximum Gasteiger partial charge on any atom is 0.0352 e. The molecule has 0 N–H and O–H groups in total. The fourth-order valence-corrected chi connectivity index (χ4v) is 4.22. The monoisotopic (exact) mass is 380 g/mol. The zero-order chi connectivity index (χ0) is 20.3. The first kappa shape index (κ1) is 20.5. The van der Waals surface area contributed by atoms with Crippen molar-refractivity contribution in [3.8, 4) is 0 Å². The van der Waals surface area contributed by atoms with Crippen LogP contribution in [0.3, 0.4) is 0 Å². The van der Waals surface area contributed by atoms with Crippen molar-refractivity contribution in [1.82, 2.24) is 18.6 Å². The maximum absolute atomic E-state index is 2.62. The Labute approximate surface area is 170 Å². The van der Waals surface area contributed by atoms with Crippen LogP contribution in [0.25, 0.3) is 0 Å². The van der Waals surface area contributed by atoms with Gasteiger partial charge in [-0.1, -0.05) is 0 Å². The Morgan fingerprint density at radius 2 is 0.679 bits per heavy atom. The first-order valence-electron chi connectivity index (χ1n) is 10.5. The van der Waals surface area contributed by atoms with Crippen LogP contribution in [0.5, 0.6) is 0 Å². The summed E-state index contributed by atoms with van der Waals surface area (Å²) in [5.41, 5.74) is 8.12. The molecular weight excluding hydrogens is 344 g/mol. The molecule has 0 saturated carbocycles. The summed E-state index contributed by atoms with van der Waals surface area (Å²) in [5.74, 6) is 0. The lowest BCUT2D eigenvalue weighted by Gasteiger charge is -2.25. The molecule has 152 valence electrons. The molecule has 3 aromatic heterocycles. The molecule has 0 atom stereocenters. The standard InChI is InChI=1S/C24H36N4/c1-19-7-8-20(2)26(19)16-13-25(14-17-27-21(3)9-10-22(27)4)15-18-28-23(5)11-12-24(28)6/h7-12H,13-18H2,1-6H3. The summed E-state index contributed by atoms with van der Waals surface area (Å²) in [6.45, 7) is 19.6. The third kappa shape index (κ3) is 4.61. The molecule has 0 aliphatic heterocycles. The fraction of sp³-hybridized carbons (Fsp3) is 0.500. The van der Waals surface area contributed by atoms with E-state index in [0.29, 0.717) is 0 Å². The second-order valence-electron chi connectivity index (χ2n) is 8.14. The molecule has 0 aliphatic rings. The molecule has 0 fully saturated rings. The molecule has 28 heavy (non-hydrogen) atoms. The van der Waals surface area contributed by atoms with E-state index < -0.39 is 0 Å². The summed E-state index contributed by atoms with van der Waals surface area (Å²) in [6, 6.07) is 13.3. The summed E-state index contributed by atoms with van der Waals surface area (Å²) >= 11 is 0. The van der Waals surface area contributed by atoms with Crippen molar-refractivity contribution < 1.29 is 0 Å². The van der Waals surface area contributed by atoms with Crippen molar-refractivity contribution in [3.05, 3.63) is 70.6 Å². The van der Waals surface area contributed by atoms with Crippen LogP contribution in [-0.4, -0.2) is 38.2 Å². The van der Waals surface area contributed by atoms with Gasteiger partial charge in [-0.25, -0.2) is 0 Å². The average Bonchev–Trinajstić information content (AvgIpc) is 3.27. The third-order valence-electron chi connectivity index (χ3n) is 6.17. The quantitative estimate of drug-likeness (QED) is 0.529. The number of rotatable bonds is 9. The van der Waals surface area contributed by atoms with Gasteiger partial charge in [0.2, 0.25) is 0 Å². The van der Waals surface area contributed by atoms with Crippen LogP contribution in [0.4, 0.5) is 0 Å². The predicted octanol–water partition coefficient (Wildman–Crippen LogP) is 4.64. The lowest BCUT2D eigenvalue weighted by atomic mass is 10.3. The van der Waals surface area contributed by atoms with E-state index in [1.165, 1.54) is 34.2 Å². The fourth-order valence-electron chi connectivity index (χ4n) is 4.22. The Morgan fingerprint density at radius 3 is 0.893 bits per heavy atom. The number of hydrogen-bond acceptors (Lipinski definition) is 1. The molecule has 4 nitrogen and oxygen atoms in total. The molecule has 3 heterocycles. The first-order valence-corrected chi connectivity index (χ1v) is 10.5. The predicted molar refractivity (Wildman–Crippen MR) is 118 cm³/mol. The first-order chi connectivity index (χ1) is 13.4. The van der Waals surface area contributed by atoms with Crippen LogP contribution in [0.1, 0.15) is 34.2 Å². The van der Waals surface area contributed by atoms with Crippen LogP contribution >= 0.6 is 0 Å². The molecular formula is C24H36N4. The molecule has 0 aromatic carbocycles. The topological polar surface area (TPSA) is 18.0 Å². The molecule has 0 radical (unpaired) electrons. The Balaban J connectivity index is 1.67. The molecule has 4 heteroatoms. The molecule has 0 spiro atoms. The second-order valence-corrected chi connectivity index (χ2v) is 8.14. The van der Waals surface area contributed by atoms with Crippen molar-refractivity contribution in [3.63, 3.8) is 0 Å². The van der Waals surface area contributed by atoms with E-state index in [2.05, 4.69) is 96.5 Å². The highest BCUT2D eigenvalue weighted by atomic mass is 15.2. The van der Waals surface area contributed by atoms with Gasteiger partial charge >= 0.3 is 0 Å². The van der Waals surface area contributed by atoms with Gasteiger partial charge in [0.1, 0.15) is 0 Å². The van der Waals surface area contributed by atoms with Gasteiger partial charge in [0.25, 0.3) is 0 Å². The largest absolute Gasteiger partial charge is 0.348 e. The lowest BCUT2D eigenvalue weighted by molar-refractivity contribution is 0.240. The summed E-state index contributed by atoms with van der Waals surface area (Å²) < 4.78 is 7.31. The Bertz CT molecular complexity index is 731. The maximum atomic E-state index is 2.62. The van der Waals surface area contributed by atoms with Gasteiger partial charge < -0.3 is 13.7 Å². The summed E-state index contributed by atoms with van der Waals surface area (Å²) in [5, 5.41) is 0. The van der Waals surface area contributed by atoms with Crippen LogP contribution < -0.4 is 0 Å². The van der Waals surface area contributed by atoms with Crippen LogP contribution in [-0.2, 0) is 19.6 Å². The van der Waals surface area contributed by atoms with Crippen LogP contribution in [0.2, 0.25) is 0 Å². The van der Waals surface area contributed by atoms with Gasteiger partial charge in [-0.3, -0.25) is 4.90 Å². The molecule has 0 saturated heterocycles. The normalized spacial score (nSPS) is 11.7. The van der Waals surface area contributed by atoms with Gasteiger partial charge in [0.15, 0.2) is 0 Å². The van der Waals surface area contributed by atoms with E-state index in [1.54, 1.807) is 0 Å². The van der Waals surface area contributed by atoms with Gasteiger partial charge in [0, 0.05) is 73.4 Å². The van der Waals surface area contributed by atoms with Gasteiger partial charge in [-0.05, 0) is 77.9 Å². The molecule has 0 aliphatic carbocycles. The van der Waals surface area contributed by atoms with Crippen molar-refractivity contribution in [1.29, 1.82) is 0 Å². The van der Waals surface area contributed by atoms with Crippen LogP contribution in [0.15, 0.2) is 36.4 Å².